The van der Waals surface area contributed by atoms with E-state index in [0.717, 1.165) is 24.8 Å². The molecule has 1 aromatic carbocycles. The summed E-state index contributed by atoms with van der Waals surface area (Å²) in [6.07, 6.45) is 2.77. The molecule has 1 aromatic rings. The Kier molecular flexibility index (Phi) is 5.06. The van der Waals surface area contributed by atoms with Crippen LogP contribution >= 0.6 is 11.6 Å². The molecule has 15 heavy (non-hydrogen) atoms. The third-order valence-corrected chi connectivity index (χ3v) is 2.75. The summed E-state index contributed by atoms with van der Waals surface area (Å²) in [4.78, 5) is 0. The molecule has 0 aromatic heterocycles. The Morgan fingerprint density at radius 1 is 1.47 bits per heavy atom. The van der Waals surface area contributed by atoms with Gasteiger partial charge in [0.15, 0.2) is 0 Å². The second-order valence-electron chi connectivity index (χ2n) is 3.79. The smallest absolute Gasteiger partial charge is 0.141 e. The van der Waals surface area contributed by atoms with Crippen molar-refractivity contribution in [3.8, 4) is 0 Å². The first-order valence-electron chi connectivity index (χ1n) is 5.22. The second kappa shape index (κ2) is 6.09. The molecule has 0 amide bonds. The minimum absolute atomic E-state index is 0.153. The van der Waals surface area contributed by atoms with Gasteiger partial charge in [0.25, 0.3) is 0 Å². The lowest BCUT2D eigenvalue weighted by Crippen LogP contribution is -2.09. The highest BCUT2D eigenvalue weighted by molar-refractivity contribution is 6.30. The van der Waals surface area contributed by atoms with Crippen molar-refractivity contribution in [1.82, 2.24) is 0 Å². The van der Waals surface area contributed by atoms with Crippen LogP contribution < -0.4 is 0 Å². The molecule has 0 fully saturated rings. The molecule has 0 aliphatic heterocycles. The van der Waals surface area contributed by atoms with Gasteiger partial charge in [0, 0.05) is 6.61 Å². The quantitative estimate of drug-likeness (QED) is 0.822. The van der Waals surface area contributed by atoms with Gasteiger partial charge in [0.1, 0.15) is 5.82 Å². The van der Waals surface area contributed by atoms with Crippen LogP contribution in [0.5, 0.6) is 0 Å². The van der Waals surface area contributed by atoms with Crippen molar-refractivity contribution in [2.75, 3.05) is 6.61 Å². The Labute approximate surface area is 94.9 Å². The van der Waals surface area contributed by atoms with Gasteiger partial charge in [0.05, 0.1) is 5.02 Å². The predicted molar refractivity (Wildman–Crippen MR) is 60.6 cm³/mol. The number of halogens is 2. The largest absolute Gasteiger partial charge is 0.396 e. The molecule has 0 aliphatic carbocycles. The van der Waals surface area contributed by atoms with E-state index in [2.05, 4.69) is 6.92 Å². The topological polar surface area (TPSA) is 20.2 Å². The lowest BCUT2D eigenvalue weighted by Gasteiger charge is -2.13. The van der Waals surface area contributed by atoms with E-state index in [1.165, 1.54) is 6.07 Å². The summed E-state index contributed by atoms with van der Waals surface area (Å²) in [5.41, 5.74) is 0.980. The number of hydrogen-bond donors (Lipinski definition) is 1. The van der Waals surface area contributed by atoms with Gasteiger partial charge in [-0.2, -0.15) is 0 Å². The molecule has 0 bridgehead atoms. The fourth-order valence-corrected chi connectivity index (χ4v) is 1.87. The van der Waals surface area contributed by atoms with Crippen molar-refractivity contribution in [1.29, 1.82) is 0 Å². The van der Waals surface area contributed by atoms with Crippen molar-refractivity contribution in [2.24, 2.45) is 5.92 Å². The van der Waals surface area contributed by atoms with Gasteiger partial charge in [-0.3, -0.25) is 0 Å². The Morgan fingerprint density at radius 2 is 2.20 bits per heavy atom. The summed E-state index contributed by atoms with van der Waals surface area (Å²) in [6.45, 7) is 2.25. The van der Waals surface area contributed by atoms with E-state index in [9.17, 15) is 4.39 Å². The highest BCUT2D eigenvalue weighted by Gasteiger charge is 2.08. The van der Waals surface area contributed by atoms with Crippen molar-refractivity contribution >= 4 is 11.6 Å². The van der Waals surface area contributed by atoms with Gasteiger partial charge in [-0.05, 0) is 36.5 Å². The second-order valence-corrected chi connectivity index (χ2v) is 4.20. The maximum absolute atomic E-state index is 12.9. The van der Waals surface area contributed by atoms with Gasteiger partial charge in [-0.15, -0.1) is 0 Å². The fraction of sp³-hybridized carbons (Fsp3) is 0.500. The van der Waals surface area contributed by atoms with Crippen molar-refractivity contribution in [2.45, 2.75) is 26.2 Å². The van der Waals surface area contributed by atoms with Crippen molar-refractivity contribution in [3.63, 3.8) is 0 Å². The van der Waals surface area contributed by atoms with Crippen LogP contribution in [-0.2, 0) is 6.42 Å². The molecule has 0 radical (unpaired) electrons. The lowest BCUT2D eigenvalue weighted by molar-refractivity contribution is 0.217. The number of benzene rings is 1. The maximum atomic E-state index is 12.9. The number of hydrogen-bond acceptors (Lipinski definition) is 1. The molecule has 1 N–H and O–H groups in total. The van der Waals surface area contributed by atoms with Crippen LogP contribution in [0, 0.1) is 11.7 Å². The minimum atomic E-state index is -0.392. The zero-order chi connectivity index (χ0) is 11.3. The maximum Gasteiger partial charge on any atom is 0.141 e. The van der Waals surface area contributed by atoms with Crippen LogP contribution in [0.3, 0.4) is 0 Å². The highest BCUT2D eigenvalue weighted by atomic mass is 35.5. The van der Waals surface area contributed by atoms with Gasteiger partial charge in [-0.1, -0.05) is 31.0 Å². The molecule has 0 saturated carbocycles. The standard InChI is InChI=1S/C12H16ClFO/c1-2-3-10(8-15)6-9-4-5-12(14)11(13)7-9/h4-5,7,10,15H,2-3,6,8H2,1H3. The van der Waals surface area contributed by atoms with Crippen LogP contribution in [0.25, 0.3) is 0 Å². The molecule has 0 saturated heterocycles. The summed E-state index contributed by atoms with van der Waals surface area (Å²) >= 11 is 5.68. The molecule has 0 spiro atoms. The number of aliphatic hydroxyl groups excluding tert-OH is 1. The summed E-state index contributed by atoms with van der Waals surface area (Å²) in [5.74, 6) is -0.145. The zero-order valence-corrected chi connectivity index (χ0v) is 9.60. The van der Waals surface area contributed by atoms with Crippen LogP contribution in [0.1, 0.15) is 25.3 Å². The zero-order valence-electron chi connectivity index (χ0n) is 8.84. The monoisotopic (exact) mass is 230 g/mol. The average Bonchev–Trinajstić information content (AvgIpc) is 2.23. The Hall–Kier alpha value is -0.600. The summed E-state index contributed by atoms with van der Waals surface area (Å²) in [6, 6.07) is 4.73. The average molecular weight is 231 g/mol. The third-order valence-electron chi connectivity index (χ3n) is 2.46. The molecule has 1 atom stereocenters. The van der Waals surface area contributed by atoms with E-state index in [-0.39, 0.29) is 17.5 Å². The molecule has 84 valence electrons. The van der Waals surface area contributed by atoms with Crippen LogP contribution in [0.2, 0.25) is 5.02 Å². The highest BCUT2D eigenvalue weighted by Crippen LogP contribution is 2.19. The third kappa shape index (κ3) is 3.80. The molecular formula is C12H16ClFO. The Bertz CT molecular complexity index is 314. The van der Waals surface area contributed by atoms with Crippen molar-refractivity contribution in [3.05, 3.63) is 34.6 Å². The normalized spacial score (nSPS) is 12.8. The molecule has 1 rings (SSSR count). The summed E-state index contributed by atoms with van der Waals surface area (Å²) in [7, 11) is 0. The predicted octanol–water partition coefficient (Wildman–Crippen LogP) is 3.43. The molecular weight excluding hydrogens is 215 g/mol. The molecule has 0 aliphatic rings. The van der Waals surface area contributed by atoms with E-state index in [0.29, 0.717) is 0 Å². The molecule has 1 unspecified atom stereocenters. The van der Waals surface area contributed by atoms with E-state index in [4.69, 9.17) is 16.7 Å². The van der Waals surface area contributed by atoms with Gasteiger partial charge < -0.3 is 5.11 Å². The molecule has 3 heteroatoms. The van der Waals surface area contributed by atoms with E-state index in [1.54, 1.807) is 12.1 Å². The van der Waals surface area contributed by atoms with Crippen LogP contribution in [0.15, 0.2) is 18.2 Å². The van der Waals surface area contributed by atoms with E-state index < -0.39 is 5.82 Å². The molecule has 1 nitrogen and oxygen atoms in total. The first-order chi connectivity index (χ1) is 7.17. The van der Waals surface area contributed by atoms with E-state index >= 15 is 0 Å². The lowest BCUT2D eigenvalue weighted by atomic mass is 9.96. The Balaban J connectivity index is 2.66. The Morgan fingerprint density at radius 3 is 2.73 bits per heavy atom. The van der Waals surface area contributed by atoms with Crippen molar-refractivity contribution < 1.29 is 9.50 Å². The number of rotatable bonds is 5. The van der Waals surface area contributed by atoms with Gasteiger partial charge >= 0.3 is 0 Å². The van der Waals surface area contributed by atoms with Gasteiger partial charge in [0.2, 0.25) is 0 Å². The summed E-state index contributed by atoms with van der Waals surface area (Å²) in [5, 5.41) is 9.29. The SMILES string of the molecule is CCCC(CO)Cc1ccc(F)c(Cl)c1. The van der Waals surface area contributed by atoms with Crippen LogP contribution in [0.4, 0.5) is 4.39 Å². The van der Waals surface area contributed by atoms with E-state index in [1.807, 2.05) is 0 Å². The first-order valence-corrected chi connectivity index (χ1v) is 5.60. The minimum Gasteiger partial charge on any atom is -0.396 e. The number of aliphatic hydroxyl groups is 1. The van der Waals surface area contributed by atoms with Gasteiger partial charge in [-0.25, -0.2) is 4.39 Å². The summed E-state index contributed by atoms with van der Waals surface area (Å²) < 4.78 is 12.9. The first kappa shape index (κ1) is 12.5. The fourth-order valence-electron chi connectivity index (χ4n) is 1.67. The molecule has 0 heterocycles. The van der Waals surface area contributed by atoms with Crippen LogP contribution in [-0.4, -0.2) is 11.7 Å².